The number of aliphatic imine (C=N–C) groups is 1. The summed E-state index contributed by atoms with van der Waals surface area (Å²) in [5, 5.41) is 1.91. The summed E-state index contributed by atoms with van der Waals surface area (Å²) >= 11 is 1.83. The number of nitrogens with zero attached hydrogens (tertiary/aromatic N) is 3. The maximum absolute atomic E-state index is 6.54. The van der Waals surface area contributed by atoms with Crippen LogP contribution in [0, 0.1) is 6.92 Å². The Morgan fingerprint density at radius 3 is 2.75 bits per heavy atom. The highest BCUT2D eigenvalue weighted by molar-refractivity contribution is 7.98. The van der Waals surface area contributed by atoms with Crippen molar-refractivity contribution in [3.05, 3.63) is 59.0 Å². The number of furan rings is 1. The number of aryl methyl sites for hydroxylation is 1. The SMILES string of the molecule is Cc1cc(CSCCC2(N)N=C(Cc3ccccc3)NN2C)oc1CN(C)C. The molecular weight excluding hydrogens is 370 g/mol. The molecule has 28 heavy (non-hydrogen) atoms. The lowest BCUT2D eigenvalue weighted by Gasteiger charge is -2.28. The summed E-state index contributed by atoms with van der Waals surface area (Å²) in [6.45, 7) is 2.94. The van der Waals surface area contributed by atoms with E-state index < -0.39 is 5.79 Å². The van der Waals surface area contributed by atoms with E-state index in [1.165, 1.54) is 11.1 Å². The van der Waals surface area contributed by atoms with E-state index in [1.54, 1.807) is 0 Å². The first-order chi connectivity index (χ1) is 13.4. The number of rotatable bonds is 9. The molecule has 1 aliphatic rings. The molecule has 0 radical (unpaired) electrons. The first kappa shape index (κ1) is 20.9. The van der Waals surface area contributed by atoms with Gasteiger partial charge in [-0.3, -0.25) is 5.73 Å². The van der Waals surface area contributed by atoms with Crippen molar-refractivity contribution in [1.82, 2.24) is 15.3 Å². The van der Waals surface area contributed by atoms with Crippen LogP contribution in [0.1, 0.15) is 29.1 Å². The minimum absolute atomic E-state index is 0.702. The Morgan fingerprint density at radius 1 is 1.29 bits per heavy atom. The zero-order valence-corrected chi connectivity index (χ0v) is 18.1. The number of amidine groups is 1. The maximum atomic E-state index is 6.54. The molecule has 0 saturated carbocycles. The van der Waals surface area contributed by atoms with Crippen LogP contribution >= 0.6 is 11.8 Å². The summed E-state index contributed by atoms with van der Waals surface area (Å²) in [4.78, 5) is 6.88. The van der Waals surface area contributed by atoms with Crippen LogP contribution < -0.4 is 11.2 Å². The highest BCUT2D eigenvalue weighted by Gasteiger charge is 2.35. The first-order valence-electron chi connectivity index (χ1n) is 9.58. The first-order valence-corrected chi connectivity index (χ1v) is 10.7. The van der Waals surface area contributed by atoms with Crippen molar-refractivity contribution < 1.29 is 4.42 Å². The van der Waals surface area contributed by atoms with Crippen LogP contribution in [0.2, 0.25) is 0 Å². The normalized spacial score (nSPS) is 19.9. The summed E-state index contributed by atoms with van der Waals surface area (Å²) < 4.78 is 5.98. The lowest BCUT2D eigenvalue weighted by Crippen LogP contribution is -2.54. The van der Waals surface area contributed by atoms with Gasteiger partial charge in [-0.05, 0) is 44.0 Å². The zero-order chi connectivity index (χ0) is 20.1. The summed E-state index contributed by atoms with van der Waals surface area (Å²) in [7, 11) is 6.06. The molecule has 3 N–H and O–H groups in total. The monoisotopic (exact) mass is 401 g/mol. The molecule has 3 rings (SSSR count). The van der Waals surface area contributed by atoms with E-state index in [4.69, 9.17) is 15.1 Å². The van der Waals surface area contributed by atoms with Gasteiger partial charge < -0.3 is 14.7 Å². The second-order valence-corrected chi connectivity index (χ2v) is 8.73. The van der Waals surface area contributed by atoms with Crippen molar-refractivity contribution in [2.75, 3.05) is 26.9 Å². The quantitative estimate of drug-likeness (QED) is 0.630. The van der Waals surface area contributed by atoms with Gasteiger partial charge in [-0.2, -0.15) is 16.8 Å². The van der Waals surface area contributed by atoms with Gasteiger partial charge >= 0.3 is 0 Å². The molecule has 1 aromatic carbocycles. The van der Waals surface area contributed by atoms with Crippen LogP contribution in [0.25, 0.3) is 0 Å². The van der Waals surface area contributed by atoms with E-state index >= 15 is 0 Å². The lowest BCUT2D eigenvalue weighted by molar-refractivity contribution is 0.124. The van der Waals surface area contributed by atoms with Crippen LogP contribution in [0.5, 0.6) is 0 Å². The number of hydrogen-bond donors (Lipinski definition) is 2. The van der Waals surface area contributed by atoms with Gasteiger partial charge in [0.1, 0.15) is 17.4 Å². The maximum Gasteiger partial charge on any atom is 0.183 e. The van der Waals surface area contributed by atoms with Gasteiger partial charge in [0, 0.05) is 19.9 Å². The Morgan fingerprint density at radius 2 is 2.04 bits per heavy atom. The van der Waals surface area contributed by atoms with Gasteiger partial charge in [0.15, 0.2) is 5.79 Å². The second kappa shape index (κ2) is 9.13. The fourth-order valence-electron chi connectivity index (χ4n) is 3.22. The van der Waals surface area contributed by atoms with Gasteiger partial charge in [-0.15, -0.1) is 0 Å². The van der Waals surface area contributed by atoms with Gasteiger partial charge in [-0.25, -0.2) is 4.99 Å². The molecule has 1 aliphatic heterocycles. The number of hydrazine groups is 1. The van der Waals surface area contributed by atoms with Gasteiger partial charge in [0.05, 0.1) is 12.3 Å². The van der Waals surface area contributed by atoms with E-state index in [2.05, 4.69) is 49.5 Å². The Hall–Kier alpha value is -1.80. The van der Waals surface area contributed by atoms with Crippen molar-refractivity contribution in [3.8, 4) is 0 Å². The molecule has 1 aromatic heterocycles. The highest BCUT2D eigenvalue weighted by Crippen LogP contribution is 2.24. The van der Waals surface area contributed by atoms with Gasteiger partial charge in [-0.1, -0.05) is 30.3 Å². The van der Waals surface area contributed by atoms with E-state index in [1.807, 2.05) is 42.0 Å². The number of hydrogen-bond acceptors (Lipinski definition) is 7. The molecule has 0 fully saturated rings. The van der Waals surface area contributed by atoms with Crippen molar-refractivity contribution in [3.63, 3.8) is 0 Å². The molecule has 0 saturated heterocycles. The predicted octanol–water partition coefficient (Wildman–Crippen LogP) is 2.98. The molecule has 1 unspecified atom stereocenters. The minimum atomic E-state index is -0.702. The van der Waals surface area contributed by atoms with Crippen molar-refractivity contribution in [1.29, 1.82) is 0 Å². The Balaban J connectivity index is 1.49. The largest absolute Gasteiger partial charge is 0.464 e. The second-order valence-electron chi connectivity index (χ2n) is 7.63. The Labute approximate surface area is 172 Å². The molecule has 7 heteroatoms. The third-order valence-corrected chi connectivity index (χ3v) is 5.79. The van der Waals surface area contributed by atoms with Crippen LogP contribution in [0.4, 0.5) is 0 Å². The molecule has 152 valence electrons. The number of thioether (sulfide) groups is 1. The average molecular weight is 402 g/mol. The molecule has 2 aromatic rings. The smallest absolute Gasteiger partial charge is 0.183 e. The Kier molecular flexibility index (Phi) is 6.82. The molecule has 0 aliphatic carbocycles. The highest BCUT2D eigenvalue weighted by atomic mass is 32.2. The van der Waals surface area contributed by atoms with Gasteiger partial charge in [0.25, 0.3) is 0 Å². The van der Waals surface area contributed by atoms with E-state index in [0.29, 0.717) is 0 Å². The summed E-state index contributed by atoms with van der Waals surface area (Å²) in [6, 6.07) is 12.5. The third-order valence-electron chi connectivity index (χ3n) is 4.81. The summed E-state index contributed by atoms with van der Waals surface area (Å²) in [5.74, 6) is 4.04. The van der Waals surface area contributed by atoms with Crippen LogP contribution in [0.15, 0.2) is 45.8 Å². The van der Waals surface area contributed by atoms with Crippen LogP contribution in [-0.2, 0) is 18.7 Å². The zero-order valence-electron chi connectivity index (χ0n) is 17.2. The molecule has 2 heterocycles. The van der Waals surface area contributed by atoms with E-state index in [0.717, 1.165) is 48.2 Å². The molecular formula is C21H31N5OS. The molecule has 6 nitrogen and oxygen atoms in total. The standard InChI is InChI=1S/C21H31N5OS/c1-16-12-18(27-19(16)14-25(2)3)15-28-11-10-21(22)23-20(24-26(21)4)13-17-8-6-5-7-9-17/h5-9,12H,10-11,13-15,22H2,1-4H3,(H,23,24). The Bertz CT molecular complexity index is 804. The number of benzene rings is 1. The fourth-order valence-corrected chi connectivity index (χ4v) is 4.15. The molecule has 0 spiro atoms. The van der Waals surface area contributed by atoms with Gasteiger partial charge in [0.2, 0.25) is 0 Å². The van der Waals surface area contributed by atoms with Crippen molar-refractivity contribution >= 4 is 17.6 Å². The van der Waals surface area contributed by atoms with Crippen LogP contribution in [-0.4, -0.2) is 48.4 Å². The molecule has 0 amide bonds. The predicted molar refractivity (Wildman–Crippen MR) is 117 cm³/mol. The molecule has 1 atom stereocenters. The number of nitrogens with one attached hydrogen (secondary N) is 1. The number of nitrogens with two attached hydrogens (primary N) is 1. The van der Waals surface area contributed by atoms with Crippen molar-refractivity contribution in [2.24, 2.45) is 10.7 Å². The van der Waals surface area contributed by atoms with Crippen LogP contribution in [0.3, 0.4) is 0 Å². The van der Waals surface area contributed by atoms with E-state index in [-0.39, 0.29) is 0 Å². The average Bonchev–Trinajstić information content (AvgIpc) is 3.11. The fraction of sp³-hybridized carbons (Fsp3) is 0.476. The lowest BCUT2D eigenvalue weighted by atomic mass is 10.1. The summed E-state index contributed by atoms with van der Waals surface area (Å²) in [5.41, 5.74) is 12.3. The topological polar surface area (TPSA) is 70.0 Å². The van der Waals surface area contributed by atoms with E-state index in [9.17, 15) is 0 Å². The van der Waals surface area contributed by atoms with Crippen molar-refractivity contribution in [2.45, 2.75) is 37.8 Å². The summed E-state index contributed by atoms with van der Waals surface area (Å²) in [6.07, 6.45) is 1.53. The minimum Gasteiger partial charge on any atom is -0.464 e. The third kappa shape index (κ3) is 5.38. The molecule has 0 bridgehead atoms.